The molecular weight excluding hydrogens is 218 g/mol. The van der Waals surface area contributed by atoms with Gasteiger partial charge >= 0.3 is 0 Å². The SMILES string of the molecule is Cc1ncsc1CC[Si](C)(C)C(C)(C)C. The number of rotatable bonds is 3. The van der Waals surface area contributed by atoms with E-state index in [0.29, 0.717) is 5.04 Å². The number of hydrogen-bond acceptors (Lipinski definition) is 2. The Morgan fingerprint density at radius 1 is 1.33 bits per heavy atom. The van der Waals surface area contributed by atoms with Crippen LogP contribution in [-0.4, -0.2) is 13.1 Å². The Balaban J connectivity index is 2.61. The van der Waals surface area contributed by atoms with Gasteiger partial charge in [-0.1, -0.05) is 39.9 Å². The molecular formula is C12H23NSSi. The summed E-state index contributed by atoms with van der Waals surface area (Å²) in [5, 5.41) is 0.506. The van der Waals surface area contributed by atoms with Crippen LogP contribution >= 0.6 is 11.3 Å². The van der Waals surface area contributed by atoms with Crippen LogP contribution in [-0.2, 0) is 6.42 Å². The molecule has 86 valence electrons. The first-order valence-electron chi connectivity index (χ1n) is 5.63. The van der Waals surface area contributed by atoms with Crippen LogP contribution in [0.15, 0.2) is 5.51 Å². The minimum absolute atomic E-state index is 0.506. The van der Waals surface area contributed by atoms with Crippen molar-refractivity contribution in [2.45, 2.75) is 58.3 Å². The summed E-state index contributed by atoms with van der Waals surface area (Å²) in [4.78, 5) is 5.80. The van der Waals surface area contributed by atoms with Gasteiger partial charge in [0.2, 0.25) is 0 Å². The van der Waals surface area contributed by atoms with E-state index in [1.807, 2.05) is 16.8 Å². The van der Waals surface area contributed by atoms with Gasteiger partial charge in [-0.05, 0) is 18.4 Å². The normalized spacial score (nSPS) is 13.2. The first-order chi connectivity index (χ1) is 6.74. The number of aromatic nitrogens is 1. The molecule has 0 fully saturated rings. The fraction of sp³-hybridized carbons (Fsp3) is 0.750. The first-order valence-corrected chi connectivity index (χ1v) is 9.72. The zero-order valence-electron chi connectivity index (χ0n) is 10.8. The Morgan fingerprint density at radius 2 is 1.93 bits per heavy atom. The summed E-state index contributed by atoms with van der Waals surface area (Å²) in [5.41, 5.74) is 3.20. The van der Waals surface area contributed by atoms with Crippen molar-refractivity contribution in [1.82, 2.24) is 4.98 Å². The number of thiazole rings is 1. The standard InChI is InChI=1S/C12H23NSSi/c1-10-11(14-9-13-10)7-8-15(5,6)12(2,3)4/h9H,7-8H2,1-6H3. The van der Waals surface area contributed by atoms with Crippen molar-refractivity contribution in [3.63, 3.8) is 0 Å². The molecule has 1 aromatic heterocycles. The Labute approximate surface area is 99.0 Å². The molecule has 15 heavy (non-hydrogen) atoms. The number of hydrogen-bond donors (Lipinski definition) is 0. The topological polar surface area (TPSA) is 12.9 Å². The lowest BCUT2D eigenvalue weighted by atomic mass is 10.2. The minimum Gasteiger partial charge on any atom is -0.250 e. The smallest absolute Gasteiger partial charge is 0.0797 e. The van der Waals surface area contributed by atoms with E-state index in [1.165, 1.54) is 23.0 Å². The molecule has 0 saturated heterocycles. The van der Waals surface area contributed by atoms with Gasteiger partial charge in [-0.25, -0.2) is 4.98 Å². The van der Waals surface area contributed by atoms with Crippen LogP contribution in [0.25, 0.3) is 0 Å². The third kappa shape index (κ3) is 3.15. The predicted molar refractivity (Wildman–Crippen MR) is 72.6 cm³/mol. The predicted octanol–water partition coefficient (Wildman–Crippen LogP) is 4.50. The second kappa shape index (κ2) is 4.38. The van der Waals surface area contributed by atoms with Gasteiger partial charge in [-0.3, -0.25) is 0 Å². The van der Waals surface area contributed by atoms with Crippen molar-refractivity contribution in [2.24, 2.45) is 0 Å². The van der Waals surface area contributed by atoms with E-state index in [-0.39, 0.29) is 0 Å². The second-order valence-corrected chi connectivity index (χ2v) is 12.7. The van der Waals surface area contributed by atoms with Gasteiger partial charge < -0.3 is 0 Å². The molecule has 3 heteroatoms. The fourth-order valence-electron chi connectivity index (χ4n) is 1.37. The number of aryl methyl sites for hydroxylation is 2. The summed E-state index contributed by atoms with van der Waals surface area (Å²) < 4.78 is 0. The Kier molecular flexibility index (Phi) is 3.77. The van der Waals surface area contributed by atoms with Gasteiger partial charge in [-0.2, -0.15) is 0 Å². The van der Waals surface area contributed by atoms with Crippen LogP contribution in [0.5, 0.6) is 0 Å². The van der Waals surface area contributed by atoms with Crippen molar-refractivity contribution >= 4 is 19.4 Å². The third-order valence-corrected chi connectivity index (χ3v) is 10.4. The van der Waals surface area contributed by atoms with Crippen LogP contribution < -0.4 is 0 Å². The maximum atomic E-state index is 4.31. The highest BCUT2D eigenvalue weighted by molar-refractivity contribution is 7.09. The summed E-state index contributed by atoms with van der Waals surface area (Å²) in [6.45, 7) is 14.3. The Hall–Kier alpha value is -0.153. The minimum atomic E-state index is -1.11. The summed E-state index contributed by atoms with van der Waals surface area (Å²) in [6.07, 6.45) is 1.23. The van der Waals surface area contributed by atoms with Crippen molar-refractivity contribution in [3.05, 3.63) is 16.1 Å². The van der Waals surface area contributed by atoms with Gasteiger partial charge in [0.05, 0.1) is 19.3 Å². The monoisotopic (exact) mass is 241 g/mol. The van der Waals surface area contributed by atoms with Crippen LogP contribution in [0.3, 0.4) is 0 Å². The quantitative estimate of drug-likeness (QED) is 0.710. The zero-order chi connectivity index (χ0) is 11.7. The molecule has 1 rings (SSSR count). The van der Waals surface area contributed by atoms with Crippen LogP contribution in [0, 0.1) is 6.92 Å². The van der Waals surface area contributed by atoms with Crippen molar-refractivity contribution in [1.29, 1.82) is 0 Å². The summed E-state index contributed by atoms with van der Waals surface area (Å²) in [7, 11) is -1.11. The lowest BCUT2D eigenvalue weighted by Crippen LogP contribution is -2.37. The first kappa shape index (κ1) is 12.9. The molecule has 0 atom stereocenters. The fourth-order valence-corrected chi connectivity index (χ4v) is 3.95. The maximum Gasteiger partial charge on any atom is 0.0797 e. The van der Waals surface area contributed by atoms with E-state index in [9.17, 15) is 0 Å². The zero-order valence-corrected chi connectivity index (χ0v) is 12.7. The maximum absolute atomic E-state index is 4.31. The summed E-state index contributed by atoms with van der Waals surface area (Å²) in [6, 6.07) is 1.37. The highest BCUT2D eigenvalue weighted by Gasteiger charge is 2.34. The molecule has 1 nitrogen and oxygen atoms in total. The largest absolute Gasteiger partial charge is 0.250 e. The molecule has 1 heterocycles. The van der Waals surface area contributed by atoms with Gasteiger partial charge in [0.15, 0.2) is 0 Å². The van der Waals surface area contributed by atoms with Gasteiger partial charge in [0.1, 0.15) is 0 Å². The lowest BCUT2D eigenvalue weighted by Gasteiger charge is -2.37. The van der Waals surface area contributed by atoms with Crippen molar-refractivity contribution in [3.8, 4) is 0 Å². The Bertz CT molecular complexity index is 323. The average Bonchev–Trinajstić information content (AvgIpc) is 2.46. The molecule has 0 aromatic carbocycles. The highest BCUT2D eigenvalue weighted by Crippen LogP contribution is 2.39. The highest BCUT2D eigenvalue weighted by atomic mass is 32.1. The van der Waals surface area contributed by atoms with E-state index < -0.39 is 8.07 Å². The van der Waals surface area contributed by atoms with Gasteiger partial charge in [0, 0.05) is 4.88 Å². The lowest BCUT2D eigenvalue weighted by molar-refractivity contribution is 0.711. The molecule has 1 aromatic rings. The third-order valence-electron chi connectivity index (χ3n) is 3.85. The van der Waals surface area contributed by atoms with E-state index in [0.717, 1.165) is 0 Å². The molecule has 0 spiro atoms. The average molecular weight is 241 g/mol. The second-order valence-electron chi connectivity index (χ2n) is 5.99. The van der Waals surface area contributed by atoms with Crippen molar-refractivity contribution < 1.29 is 0 Å². The molecule has 0 amide bonds. The van der Waals surface area contributed by atoms with Crippen LogP contribution in [0.2, 0.25) is 24.2 Å². The van der Waals surface area contributed by atoms with Crippen molar-refractivity contribution in [2.75, 3.05) is 0 Å². The summed E-state index contributed by atoms with van der Waals surface area (Å²) in [5.74, 6) is 0. The van der Waals surface area contributed by atoms with E-state index in [2.05, 4.69) is 45.8 Å². The molecule has 0 bridgehead atoms. The van der Waals surface area contributed by atoms with Gasteiger partial charge in [-0.15, -0.1) is 11.3 Å². The molecule has 0 saturated carbocycles. The molecule has 0 unspecified atom stereocenters. The summed E-state index contributed by atoms with van der Waals surface area (Å²) >= 11 is 1.81. The van der Waals surface area contributed by atoms with E-state index >= 15 is 0 Å². The van der Waals surface area contributed by atoms with Crippen LogP contribution in [0.1, 0.15) is 31.3 Å². The molecule has 0 radical (unpaired) electrons. The van der Waals surface area contributed by atoms with Gasteiger partial charge in [0.25, 0.3) is 0 Å². The molecule has 0 aliphatic rings. The number of nitrogens with zero attached hydrogens (tertiary/aromatic N) is 1. The molecule has 0 aliphatic carbocycles. The van der Waals surface area contributed by atoms with E-state index in [4.69, 9.17) is 0 Å². The van der Waals surface area contributed by atoms with E-state index in [1.54, 1.807) is 0 Å². The molecule has 0 aliphatic heterocycles. The molecule has 0 N–H and O–H groups in total. The van der Waals surface area contributed by atoms with Crippen LogP contribution in [0.4, 0.5) is 0 Å². The Morgan fingerprint density at radius 3 is 2.33 bits per heavy atom.